The van der Waals surface area contributed by atoms with E-state index in [9.17, 15) is 0 Å². The van der Waals surface area contributed by atoms with Gasteiger partial charge in [-0.05, 0) is 36.4 Å². The number of aromatic nitrogens is 2. The van der Waals surface area contributed by atoms with Crippen molar-refractivity contribution in [3.8, 4) is 0 Å². The molecule has 1 aromatic heterocycles. The normalized spacial score (nSPS) is 15.5. The Morgan fingerprint density at radius 3 is 2.44 bits per heavy atom. The molecule has 2 aromatic rings. The van der Waals surface area contributed by atoms with Gasteiger partial charge < -0.3 is 15.5 Å². The predicted octanol–water partition coefficient (Wildman–Crippen LogP) is 1.88. The van der Waals surface area contributed by atoms with Crippen LogP contribution in [0.5, 0.6) is 0 Å². The fourth-order valence-electron chi connectivity index (χ4n) is 2.78. The molecule has 7 heteroatoms. The lowest BCUT2D eigenvalue weighted by atomic mass is 10.1. The SMILES string of the molecule is CSc1ccc(CCN=C(N)N2CCN(c3ncccn3)CC2)cc1. The summed E-state index contributed by atoms with van der Waals surface area (Å²) in [6.07, 6.45) is 6.55. The first kappa shape index (κ1) is 17.5. The van der Waals surface area contributed by atoms with Crippen LogP contribution in [0.25, 0.3) is 0 Å². The van der Waals surface area contributed by atoms with Crippen LogP contribution in [0.3, 0.4) is 0 Å². The number of benzene rings is 1. The molecule has 2 N–H and O–H groups in total. The van der Waals surface area contributed by atoms with E-state index < -0.39 is 0 Å². The van der Waals surface area contributed by atoms with Crippen LogP contribution in [0.15, 0.2) is 52.6 Å². The summed E-state index contributed by atoms with van der Waals surface area (Å²) in [6.45, 7) is 4.12. The molecule has 0 radical (unpaired) electrons. The average molecular weight is 356 g/mol. The zero-order valence-corrected chi connectivity index (χ0v) is 15.3. The minimum absolute atomic E-state index is 0.634. The van der Waals surface area contributed by atoms with E-state index in [0.29, 0.717) is 12.5 Å². The van der Waals surface area contributed by atoms with E-state index in [2.05, 4.69) is 55.3 Å². The number of thioether (sulfide) groups is 1. The summed E-state index contributed by atoms with van der Waals surface area (Å²) < 4.78 is 0. The second-order valence-electron chi connectivity index (χ2n) is 5.86. The quantitative estimate of drug-likeness (QED) is 0.501. The highest BCUT2D eigenvalue weighted by Gasteiger charge is 2.19. The summed E-state index contributed by atoms with van der Waals surface area (Å²) in [7, 11) is 0. The van der Waals surface area contributed by atoms with E-state index in [-0.39, 0.29) is 0 Å². The molecule has 1 fully saturated rings. The van der Waals surface area contributed by atoms with Gasteiger partial charge in [-0.1, -0.05) is 12.1 Å². The molecule has 0 aliphatic carbocycles. The fraction of sp³-hybridized carbons (Fsp3) is 0.389. The van der Waals surface area contributed by atoms with Crippen molar-refractivity contribution < 1.29 is 0 Å². The lowest BCUT2D eigenvalue weighted by molar-refractivity contribution is 0.378. The Labute approximate surface area is 153 Å². The highest BCUT2D eigenvalue weighted by Crippen LogP contribution is 2.15. The van der Waals surface area contributed by atoms with Gasteiger partial charge in [-0.2, -0.15) is 0 Å². The maximum absolute atomic E-state index is 6.17. The Balaban J connectivity index is 1.46. The molecular weight excluding hydrogens is 332 g/mol. The summed E-state index contributed by atoms with van der Waals surface area (Å²) in [5.41, 5.74) is 7.46. The molecule has 1 aromatic carbocycles. The van der Waals surface area contributed by atoms with Gasteiger partial charge in [-0.25, -0.2) is 9.97 Å². The van der Waals surface area contributed by atoms with E-state index in [1.807, 2.05) is 6.07 Å². The number of aliphatic imine (C=N–C) groups is 1. The third-order valence-corrected chi connectivity index (χ3v) is 5.02. The zero-order valence-electron chi connectivity index (χ0n) is 14.5. The molecular formula is C18H24N6S. The van der Waals surface area contributed by atoms with E-state index >= 15 is 0 Å². The number of nitrogens with zero attached hydrogens (tertiary/aromatic N) is 5. The van der Waals surface area contributed by atoms with Crippen LogP contribution in [-0.2, 0) is 6.42 Å². The van der Waals surface area contributed by atoms with Gasteiger partial charge in [0.15, 0.2) is 5.96 Å². The number of piperazine rings is 1. The Morgan fingerprint density at radius 1 is 1.12 bits per heavy atom. The molecule has 6 nitrogen and oxygen atoms in total. The highest BCUT2D eigenvalue weighted by molar-refractivity contribution is 7.98. The predicted molar refractivity (Wildman–Crippen MR) is 104 cm³/mol. The first-order chi connectivity index (χ1) is 12.3. The number of nitrogens with two attached hydrogens (primary N) is 1. The smallest absolute Gasteiger partial charge is 0.225 e. The molecule has 25 heavy (non-hydrogen) atoms. The zero-order chi connectivity index (χ0) is 17.5. The van der Waals surface area contributed by atoms with Crippen LogP contribution in [0.2, 0.25) is 0 Å². The van der Waals surface area contributed by atoms with Crippen molar-refractivity contribution in [2.45, 2.75) is 11.3 Å². The topological polar surface area (TPSA) is 70.6 Å². The average Bonchev–Trinajstić information content (AvgIpc) is 2.69. The van der Waals surface area contributed by atoms with Crippen molar-refractivity contribution in [1.29, 1.82) is 0 Å². The number of guanidine groups is 1. The molecule has 0 amide bonds. The summed E-state index contributed by atoms with van der Waals surface area (Å²) in [5, 5.41) is 0. The number of anilines is 1. The maximum atomic E-state index is 6.17. The fourth-order valence-corrected chi connectivity index (χ4v) is 3.19. The van der Waals surface area contributed by atoms with Crippen molar-refractivity contribution in [2.75, 3.05) is 43.9 Å². The largest absolute Gasteiger partial charge is 0.370 e. The first-order valence-electron chi connectivity index (χ1n) is 8.46. The van der Waals surface area contributed by atoms with E-state index in [4.69, 9.17) is 5.73 Å². The minimum Gasteiger partial charge on any atom is -0.370 e. The van der Waals surface area contributed by atoms with Gasteiger partial charge in [0.05, 0.1) is 0 Å². The number of hydrogen-bond donors (Lipinski definition) is 1. The van der Waals surface area contributed by atoms with Gasteiger partial charge >= 0.3 is 0 Å². The summed E-state index contributed by atoms with van der Waals surface area (Å²) in [4.78, 5) is 18.7. The molecule has 1 aliphatic heterocycles. The van der Waals surface area contributed by atoms with E-state index in [1.54, 1.807) is 24.2 Å². The summed E-state index contributed by atoms with van der Waals surface area (Å²) >= 11 is 1.76. The Bertz CT molecular complexity index is 680. The Hall–Kier alpha value is -2.28. The van der Waals surface area contributed by atoms with Gasteiger partial charge in [0.2, 0.25) is 5.95 Å². The van der Waals surface area contributed by atoms with E-state index in [1.165, 1.54) is 10.5 Å². The Kier molecular flexibility index (Phi) is 6.11. The third kappa shape index (κ3) is 4.85. The minimum atomic E-state index is 0.634. The molecule has 132 valence electrons. The van der Waals surface area contributed by atoms with Crippen LogP contribution in [0.4, 0.5) is 5.95 Å². The molecule has 2 heterocycles. The standard InChI is InChI=1S/C18H24N6S/c1-25-16-5-3-15(4-6-16)7-10-20-17(19)23-11-13-24(14-12-23)18-21-8-2-9-22-18/h2-6,8-9H,7,10-14H2,1H3,(H2,19,20). The van der Waals surface area contributed by atoms with Crippen molar-refractivity contribution in [1.82, 2.24) is 14.9 Å². The molecule has 0 spiro atoms. The second kappa shape index (κ2) is 8.71. The first-order valence-corrected chi connectivity index (χ1v) is 9.68. The Morgan fingerprint density at radius 2 is 1.80 bits per heavy atom. The lowest BCUT2D eigenvalue weighted by Crippen LogP contribution is -2.51. The lowest BCUT2D eigenvalue weighted by Gasteiger charge is -2.35. The van der Waals surface area contributed by atoms with Crippen LogP contribution >= 0.6 is 11.8 Å². The number of rotatable bonds is 5. The van der Waals surface area contributed by atoms with E-state index in [0.717, 1.165) is 38.5 Å². The third-order valence-electron chi connectivity index (χ3n) is 4.27. The molecule has 0 bridgehead atoms. The molecule has 3 rings (SSSR count). The van der Waals surface area contributed by atoms with Crippen LogP contribution < -0.4 is 10.6 Å². The van der Waals surface area contributed by atoms with Gasteiger partial charge in [0.25, 0.3) is 0 Å². The van der Waals surface area contributed by atoms with Crippen molar-refractivity contribution in [2.24, 2.45) is 10.7 Å². The number of hydrogen-bond acceptors (Lipinski definition) is 5. The van der Waals surface area contributed by atoms with Gasteiger partial charge in [-0.3, -0.25) is 4.99 Å². The maximum Gasteiger partial charge on any atom is 0.225 e. The van der Waals surface area contributed by atoms with Crippen molar-refractivity contribution in [3.05, 3.63) is 48.3 Å². The van der Waals surface area contributed by atoms with Crippen LogP contribution in [-0.4, -0.2) is 59.8 Å². The highest BCUT2D eigenvalue weighted by atomic mass is 32.2. The van der Waals surface area contributed by atoms with Crippen LogP contribution in [0, 0.1) is 0 Å². The monoisotopic (exact) mass is 356 g/mol. The summed E-state index contributed by atoms with van der Waals surface area (Å²) in [5.74, 6) is 1.42. The van der Waals surface area contributed by atoms with Gasteiger partial charge in [0, 0.05) is 50.0 Å². The van der Waals surface area contributed by atoms with Crippen LogP contribution in [0.1, 0.15) is 5.56 Å². The van der Waals surface area contributed by atoms with Gasteiger partial charge in [-0.15, -0.1) is 11.8 Å². The van der Waals surface area contributed by atoms with Gasteiger partial charge in [0.1, 0.15) is 0 Å². The van der Waals surface area contributed by atoms with Crippen molar-refractivity contribution in [3.63, 3.8) is 0 Å². The van der Waals surface area contributed by atoms with Crippen molar-refractivity contribution >= 4 is 23.7 Å². The molecule has 0 atom stereocenters. The second-order valence-corrected chi connectivity index (χ2v) is 6.74. The summed E-state index contributed by atoms with van der Waals surface area (Å²) in [6, 6.07) is 10.5. The molecule has 0 saturated carbocycles. The molecule has 1 aliphatic rings. The molecule has 1 saturated heterocycles. The molecule has 0 unspecified atom stereocenters.